The smallest absolute Gasteiger partial charge is 0.315 e. The predicted octanol–water partition coefficient (Wildman–Crippen LogP) is 5.83. The van der Waals surface area contributed by atoms with E-state index in [0.29, 0.717) is 0 Å². The molecule has 10 nitrogen and oxygen atoms in total. The second-order valence-corrected chi connectivity index (χ2v) is 9.27. The number of nitro groups is 2. The van der Waals surface area contributed by atoms with Crippen LogP contribution in [-0.2, 0) is 9.59 Å². The highest BCUT2D eigenvalue weighted by Crippen LogP contribution is 2.58. The Bertz CT molecular complexity index is 1420. The second-order valence-electron chi connectivity index (χ2n) is 9.27. The third-order valence-electron chi connectivity index (χ3n) is 6.99. The van der Waals surface area contributed by atoms with Crippen LogP contribution in [-0.4, -0.2) is 21.8 Å². The second kappa shape index (κ2) is 11.2. The highest BCUT2D eigenvalue weighted by Gasteiger charge is 2.60. The van der Waals surface area contributed by atoms with Gasteiger partial charge in [-0.05, 0) is 35.4 Å². The minimum absolute atomic E-state index is 0.105. The molecule has 0 saturated heterocycles. The summed E-state index contributed by atoms with van der Waals surface area (Å²) in [6.45, 7) is 0. The zero-order valence-corrected chi connectivity index (χ0v) is 20.9. The summed E-state index contributed by atoms with van der Waals surface area (Å²) in [5.41, 5.74) is 1.36. The molecule has 200 valence electrons. The maximum absolute atomic E-state index is 13.6. The van der Waals surface area contributed by atoms with Gasteiger partial charge in [0.1, 0.15) is 11.5 Å². The summed E-state index contributed by atoms with van der Waals surface area (Å²) in [5, 5.41) is 22.0. The van der Waals surface area contributed by atoms with Crippen molar-refractivity contribution < 1.29 is 28.9 Å². The van der Waals surface area contributed by atoms with Crippen LogP contribution in [0.3, 0.4) is 0 Å². The third kappa shape index (κ3) is 5.28. The molecule has 0 radical (unpaired) electrons. The molecule has 5 rings (SSSR count). The predicted molar refractivity (Wildman–Crippen MR) is 143 cm³/mol. The van der Waals surface area contributed by atoms with Gasteiger partial charge in [0.2, 0.25) is 0 Å². The van der Waals surface area contributed by atoms with Crippen LogP contribution in [0.15, 0.2) is 109 Å². The fourth-order valence-corrected chi connectivity index (χ4v) is 5.15. The van der Waals surface area contributed by atoms with E-state index in [4.69, 9.17) is 9.47 Å². The largest absolute Gasteiger partial charge is 0.426 e. The van der Waals surface area contributed by atoms with Crippen LogP contribution in [0, 0.1) is 32.1 Å². The lowest BCUT2D eigenvalue weighted by atomic mass is 9.52. The highest BCUT2D eigenvalue weighted by atomic mass is 16.6. The molecule has 0 spiro atoms. The number of rotatable bonds is 8. The number of carbonyl (C=O) groups is 2. The number of non-ortho nitro benzene ring substituents is 2. The van der Waals surface area contributed by atoms with Crippen LogP contribution in [0.25, 0.3) is 0 Å². The minimum atomic E-state index is -0.937. The number of esters is 2. The van der Waals surface area contributed by atoms with Crippen molar-refractivity contribution in [2.24, 2.45) is 11.8 Å². The molecule has 0 amide bonds. The summed E-state index contributed by atoms with van der Waals surface area (Å²) < 4.78 is 11.2. The molecule has 0 N–H and O–H groups in total. The lowest BCUT2D eigenvalue weighted by molar-refractivity contribution is -0.385. The molecular weight excluding hydrogens is 516 g/mol. The normalized spacial score (nSPS) is 19.6. The first-order valence-electron chi connectivity index (χ1n) is 12.4. The van der Waals surface area contributed by atoms with E-state index in [1.807, 2.05) is 60.7 Å². The van der Waals surface area contributed by atoms with Crippen molar-refractivity contribution in [3.05, 3.63) is 141 Å². The molecule has 0 aromatic heterocycles. The van der Waals surface area contributed by atoms with Crippen molar-refractivity contribution in [3.8, 4) is 11.5 Å². The van der Waals surface area contributed by atoms with Crippen molar-refractivity contribution in [2.45, 2.75) is 11.8 Å². The molecule has 4 atom stereocenters. The quantitative estimate of drug-likeness (QED) is 0.118. The number of ether oxygens (including phenoxy) is 2. The highest BCUT2D eigenvalue weighted by molar-refractivity contribution is 5.89. The topological polar surface area (TPSA) is 139 Å². The number of nitrogens with zero attached hydrogens (tertiary/aromatic N) is 2. The fraction of sp³-hybridized carbons (Fsp3) is 0.133. The molecule has 4 aromatic carbocycles. The number of carbonyl (C=O) groups excluding carboxylic acids is 2. The Morgan fingerprint density at radius 2 is 0.850 bits per heavy atom. The SMILES string of the molecule is O=C(Oc1ccc([N+](=O)[O-])cc1)[C@@H]1[C@H](C(=O)Oc2ccc([N+](=O)[O-])cc2)[C@@H](c2ccccc2)[C@H]1c1ccccc1. The van der Waals surface area contributed by atoms with E-state index in [-0.39, 0.29) is 22.9 Å². The van der Waals surface area contributed by atoms with Crippen molar-refractivity contribution in [1.29, 1.82) is 0 Å². The molecule has 40 heavy (non-hydrogen) atoms. The fourth-order valence-electron chi connectivity index (χ4n) is 5.15. The average molecular weight is 539 g/mol. The molecule has 4 aromatic rings. The first-order chi connectivity index (χ1) is 19.3. The monoisotopic (exact) mass is 538 g/mol. The Morgan fingerprint density at radius 3 is 1.15 bits per heavy atom. The van der Waals surface area contributed by atoms with Gasteiger partial charge >= 0.3 is 11.9 Å². The summed E-state index contributed by atoms with van der Waals surface area (Å²) in [6, 6.07) is 28.8. The number of nitro benzene ring substituents is 2. The molecule has 1 fully saturated rings. The van der Waals surface area contributed by atoms with Crippen LogP contribution in [0.5, 0.6) is 11.5 Å². The van der Waals surface area contributed by atoms with Crippen LogP contribution in [0.2, 0.25) is 0 Å². The molecule has 0 aliphatic heterocycles. The summed E-state index contributed by atoms with van der Waals surface area (Å²) in [5.74, 6) is -3.88. The van der Waals surface area contributed by atoms with E-state index in [2.05, 4.69) is 0 Å². The molecule has 0 bridgehead atoms. The third-order valence-corrected chi connectivity index (χ3v) is 6.99. The van der Waals surface area contributed by atoms with E-state index < -0.39 is 45.5 Å². The van der Waals surface area contributed by atoms with Crippen LogP contribution >= 0.6 is 0 Å². The Hall–Kier alpha value is -5.38. The van der Waals surface area contributed by atoms with Gasteiger partial charge in [-0.15, -0.1) is 0 Å². The Balaban J connectivity index is 1.49. The van der Waals surface area contributed by atoms with E-state index in [1.54, 1.807) is 0 Å². The maximum Gasteiger partial charge on any atom is 0.315 e. The van der Waals surface area contributed by atoms with Crippen molar-refractivity contribution in [1.82, 2.24) is 0 Å². The molecule has 10 heteroatoms. The number of hydrogen-bond donors (Lipinski definition) is 0. The Labute approximate surface area is 228 Å². The van der Waals surface area contributed by atoms with Gasteiger partial charge in [0.05, 0.1) is 21.7 Å². The van der Waals surface area contributed by atoms with E-state index in [0.717, 1.165) is 11.1 Å². The summed E-state index contributed by atoms with van der Waals surface area (Å²) >= 11 is 0. The lowest BCUT2D eigenvalue weighted by Crippen LogP contribution is -2.53. The van der Waals surface area contributed by atoms with Gasteiger partial charge in [0.15, 0.2) is 0 Å². The average Bonchev–Trinajstić information content (AvgIpc) is 2.94. The Morgan fingerprint density at radius 1 is 0.525 bits per heavy atom. The summed E-state index contributed by atoms with van der Waals surface area (Å²) in [6.07, 6.45) is 0. The van der Waals surface area contributed by atoms with Crippen molar-refractivity contribution in [3.63, 3.8) is 0 Å². The lowest BCUT2D eigenvalue weighted by Gasteiger charge is -2.49. The summed E-state index contributed by atoms with van der Waals surface area (Å²) in [7, 11) is 0. The van der Waals surface area contributed by atoms with Gasteiger partial charge in [-0.3, -0.25) is 29.8 Å². The zero-order valence-electron chi connectivity index (χ0n) is 20.9. The van der Waals surface area contributed by atoms with E-state index in [9.17, 15) is 29.8 Å². The number of hydrogen-bond acceptors (Lipinski definition) is 8. The molecule has 1 saturated carbocycles. The Kier molecular flexibility index (Phi) is 7.32. The van der Waals surface area contributed by atoms with E-state index in [1.165, 1.54) is 48.5 Å². The first kappa shape index (κ1) is 26.2. The van der Waals surface area contributed by atoms with Gasteiger partial charge < -0.3 is 9.47 Å². The minimum Gasteiger partial charge on any atom is -0.426 e. The molecular formula is C30H22N2O8. The maximum atomic E-state index is 13.6. The summed E-state index contributed by atoms with van der Waals surface area (Å²) in [4.78, 5) is 48.1. The number of benzene rings is 4. The van der Waals surface area contributed by atoms with Crippen molar-refractivity contribution >= 4 is 23.3 Å². The zero-order chi connectivity index (χ0) is 28.2. The standard InChI is InChI=1S/C30H22N2O8/c33-29(39-23-15-11-21(12-16-23)31(35)36)27-25(19-7-3-1-4-8-19)26(20-9-5-2-6-10-20)28(27)30(34)40-24-17-13-22(14-18-24)32(37)38/h1-18,25-28H/t25-,26+,27+,28-. The van der Waals surface area contributed by atoms with Gasteiger partial charge in [-0.2, -0.15) is 0 Å². The van der Waals surface area contributed by atoms with Gasteiger partial charge in [0, 0.05) is 36.1 Å². The molecule has 1 aliphatic rings. The van der Waals surface area contributed by atoms with Crippen LogP contribution in [0.4, 0.5) is 11.4 Å². The molecule has 0 heterocycles. The van der Waals surface area contributed by atoms with Crippen LogP contribution < -0.4 is 9.47 Å². The van der Waals surface area contributed by atoms with Crippen LogP contribution in [0.1, 0.15) is 23.0 Å². The molecule has 0 unspecified atom stereocenters. The van der Waals surface area contributed by atoms with E-state index >= 15 is 0 Å². The first-order valence-corrected chi connectivity index (χ1v) is 12.4. The molecule has 1 aliphatic carbocycles. The van der Waals surface area contributed by atoms with Gasteiger partial charge in [-0.1, -0.05) is 60.7 Å². The van der Waals surface area contributed by atoms with Crippen molar-refractivity contribution in [2.75, 3.05) is 0 Å². The van der Waals surface area contributed by atoms with Gasteiger partial charge in [0.25, 0.3) is 11.4 Å². The van der Waals surface area contributed by atoms with Gasteiger partial charge in [-0.25, -0.2) is 0 Å².